The van der Waals surface area contributed by atoms with Gasteiger partial charge in [0, 0.05) is 38.7 Å². The molecule has 10 rings (SSSR count). The van der Waals surface area contributed by atoms with Gasteiger partial charge >= 0.3 is 0 Å². The molecule has 214 valence electrons. The Bertz CT molecular complexity index is 2740. The van der Waals surface area contributed by atoms with Crippen LogP contribution in [0.5, 0.6) is 0 Å². The first-order valence-corrected chi connectivity index (χ1v) is 15.5. The van der Waals surface area contributed by atoms with Crippen molar-refractivity contribution in [2.45, 2.75) is 0 Å². The highest BCUT2D eigenvalue weighted by Gasteiger charge is 2.22. The number of hydrogen-bond acceptors (Lipinski definition) is 3. The summed E-state index contributed by atoms with van der Waals surface area (Å²) in [4.78, 5) is 15.8. The summed E-state index contributed by atoms with van der Waals surface area (Å²) in [5.74, 6) is 1.49. The number of nitrogens with zero attached hydrogens (tertiary/aromatic N) is 5. The third-order valence-electron chi connectivity index (χ3n) is 9.11. The fraction of sp³-hybridized carbons (Fsp3) is 0. The highest BCUT2D eigenvalue weighted by molar-refractivity contribution is 6.20. The van der Waals surface area contributed by atoms with Gasteiger partial charge in [-0.3, -0.25) is 8.97 Å². The molecular formula is C41H25N5. The van der Waals surface area contributed by atoms with Crippen molar-refractivity contribution in [1.29, 1.82) is 0 Å². The van der Waals surface area contributed by atoms with E-state index < -0.39 is 0 Å². The van der Waals surface area contributed by atoms with Crippen LogP contribution in [0.3, 0.4) is 0 Å². The molecule has 0 aliphatic heterocycles. The van der Waals surface area contributed by atoms with E-state index in [4.69, 9.17) is 15.0 Å². The van der Waals surface area contributed by atoms with Crippen molar-refractivity contribution in [3.63, 3.8) is 0 Å². The van der Waals surface area contributed by atoms with E-state index in [1.165, 1.54) is 10.8 Å². The molecule has 0 N–H and O–H groups in total. The average molecular weight is 588 g/mol. The molecule has 0 unspecified atom stereocenters. The first kappa shape index (κ1) is 25.0. The van der Waals surface area contributed by atoms with Crippen LogP contribution in [0.4, 0.5) is 0 Å². The molecule has 5 nitrogen and oxygen atoms in total. The molecule has 10 aromatic rings. The number of pyridine rings is 1. The molecule has 4 heterocycles. The van der Waals surface area contributed by atoms with Crippen molar-refractivity contribution in [1.82, 2.24) is 23.9 Å². The van der Waals surface area contributed by atoms with Crippen LogP contribution >= 0.6 is 0 Å². The number of aromatic nitrogens is 5. The minimum absolute atomic E-state index is 0.682. The van der Waals surface area contributed by atoms with Crippen molar-refractivity contribution in [2.75, 3.05) is 0 Å². The number of imidazole rings is 1. The van der Waals surface area contributed by atoms with Gasteiger partial charge in [-0.05, 0) is 29.7 Å². The molecular weight excluding hydrogens is 562 g/mol. The zero-order chi connectivity index (χ0) is 30.2. The lowest BCUT2D eigenvalue weighted by molar-refractivity contribution is 1.05. The smallest absolute Gasteiger partial charge is 0.162 e. The monoisotopic (exact) mass is 587 g/mol. The van der Waals surface area contributed by atoms with Crippen LogP contribution in [-0.4, -0.2) is 23.9 Å². The molecule has 0 saturated heterocycles. The number of hydrogen-bond donors (Lipinski definition) is 0. The zero-order valence-corrected chi connectivity index (χ0v) is 24.7. The van der Waals surface area contributed by atoms with Crippen molar-refractivity contribution in [3.8, 4) is 28.5 Å². The van der Waals surface area contributed by atoms with Crippen LogP contribution in [0.15, 0.2) is 152 Å². The van der Waals surface area contributed by atoms with Gasteiger partial charge in [0.05, 0.1) is 27.8 Å². The summed E-state index contributed by atoms with van der Waals surface area (Å²) < 4.78 is 4.60. The summed E-state index contributed by atoms with van der Waals surface area (Å²) >= 11 is 0. The van der Waals surface area contributed by atoms with E-state index in [1.807, 2.05) is 24.3 Å². The maximum Gasteiger partial charge on any atom is 0.162 e. The number of para-hydroxylation sites is 2. The minimum atomic E-state index is 0.682. The Kier molecular flexibility index (Phi) is 5.22. The van der Waals surface area contributed by atoms with Gasteiger partial charge < -0.3 is 0 Å². The molecule has 0 atom stereocenters. The molecule has 4 aromatic heterocycles. The molecule has 0 amide bonds. The second-order valence-corrected chi connectivity index (χ2v) is 11.7. The van der Waals surface area contributed by atoms with Gasteiger partial charge in [0.2, 0.25) is 0 Å². The van der Waals surface area contributed by atoms with Crippen LogP contribution in [-0.2, 0) is 0 Å². The number of benzene rings is 6. The second-order valence-electron chi connectivity index (χ2n) is 11.7. The van der Waals surface area contributed by atoms with E-state index in [2.05, 4.69) is 136 Å². The maximum atomic E-state index is 5.46. The molecule has 0 fully saturated rings. The highest BCUT2D eigenvalue weighted by Crippen LogP contribution is 2.39. The molecule has 0 aliphatic carbocycles. The van der Waals surface area contributed by atoms with E-state index in [0.29, 0.717) is 5.82 Å². The Morgan fingerprint density at radius 3 is 1.78 bits per heavy atom. The van der Waals surface area contributed by atoms with Gasteiger partial charge in [-0.2, -0.15) is 0 Å². The molecule has 0 aliphatic rings. The summed E-state index contributed by atoms with van der Waals surface area (Å²) in [5.41, 5.74) is 9.09. The third kappa shape index (κ3) is 3.54. The van der Waals surface area contributed by atoms with Gasteiger partial charge in [0.1, 0.15) is 17.0 Å². The van der Waals surface area contributed by atoms with E-state index in [-0.39, 0.29) is 0 Å². The van der Waals surface area contributed by atoms with Crippen molar-refractivity contribution >= 4 is 60.2 Å². The van der Waals surface area contributed by atoms with Crippen molar-refractivity contribution in [3.05, 3.63) is 152 Å². The summed E-state index contributed by atoms with van der Waals surface area (Å²) in [7, 11) is 0. The minimum Gasteiger partial charge on any atom is -0.292 e. The van der Waals surface area contributed by atoms with E-state index in [9.17, 15) is 0 Å². The largest absolute Gasteiger partial charge is 0.292 e. The Balaban J connectivity index is 1.39. The quantitative estimate of drug-likeness (QED) is 0.193. The first-order chi connectivity index (χ1) is 22.8. The van der Waals surface area contributed by atoms with Gasteiger partial charge in [-0.25, -0.2) is 15.0 Å². The number of fused-ring (bicyclic) bond motifs is 12. The van der Waals surface area contributed by atoms with Gasteiger partial charge in [-0.1, -0.05) is 121 Å². The van der Waals surface area contributed by atoms with Gasteiger partial charge in [-0.15, -0.1) is 0 Å². The number of rotatable bonds is 3. The van der Waals surface area contributed by atoms with Gasteiger partial charge in [0.25, 0.3) is 0 Å². The lowest BCUT2D eigenvalue weighted by Crippen LogP contribution is -2.02. The molecule has 6 aromatic carbocycles. The predicted octanol–water partition coefficient (Wildman–Crippen LogP) is 10.0. The van der Waals surface area contributed by atoms with E-state index in [0.717, 1.165) is 72.0 Å². The summed E-state index contributed by atoms with van der Waals surface area (Å²) in [5, 5.41) is 5.84. The van der Waals surface area contributed by atoms with Crippen LogP contribution in [0.2, 0.25) is 0 Å². The van der Waals surface area contributed by atoms with E-state index >= 15 is 0 Å². The Hall–Kier alpha value is -6.33. The topological polar surface area (TPSA) is 48.0 Å². The summed E-state index contributed by atoms with van der Waals surface area (Å²) in [6.07, 6.45) is 0. The van der Waals surface area contributed by atoms with Crippen LogP contribution in [0.25, 0.3) is 88.6 Å². The summed E-state index contributed by atoms with van der Waals surface area (Å²) in [6, 6.07) is 52.9. The van der Waals surface area contributed by atoms with Crippen LogP contribution in [0.1, 0.15) is 0 Å². The van der Waals surface area contributed by atoms with Crippen LogP contribution < -0.4 is 0 Å². The zero-order valence-electron chi connectivity index (χ0n) is 24.7. The van der Waals surface area contributed by atoms with Crippen LogP contribution in [0, 0.1) is 0 Å². The highest BCUT2D eigenvalue weighted by atomic mass is 15.1. The normalized spacial score (nSPS) is 11.9. The fourth-order valence-corrected chi connectivity index (χ4v) is 7.08. The standard InChI is InChI=1S/C41H25N5/c1-3-13-26(14-4-1)33-25-37(43-40(42-33)27-15-5-2-6-16-27)46-35-22-12-10-19-30(35)31-23-24-36-38(39(31)46)44-41-32-20-8-7-17-28(32)29-18-9-11-21-34(29)45(36)41/h1-25H. The van der Waals surface area contributed by atoms with Gasteiger partial charge in [0.15, 0.2) is 5.82 Å². The molecule has 0 radical (unpaired) electrons. The molecule has 46 heavy (non-hydrogen) atoms. The molecule has 0 spiro atoms. The van der Waals surface area contributed by atoms with Crippen molar-refractivity contribution < 1.29 is 0 Å². The third-order valence-corrected chi connectivity index (χ3v) is 9.11. The maximum absolute atomic E-state index is 5.46. The van der Waals surface area contributed by atoms with Crippen molar-refractivity contribution in [2.24, 2.45) is 0 Å². The Morgan fingerprint density at radius 2 is 1.02 bits per heavy atom. The Morgan fingerprint density at radius 1 is 0.413 bits per heavy atom. The lowest BCUT2D eigenvalue weighted by Gasteiger charge is -2.12. The SMILES string of the molecule is c1ccc(-c2cc(-n3c4ccccc4c4ccc5c(nc6c7ccccc7c7ccccc7n56)c43)nc(-c3ccccc3)n2)cc1. The van der Waals surface area contributed by atoms with E-state index in [1.54, 1.807) is 0 Å². The lowest BCUT2D eigenvalue weighted by atomic mass is 10.1. The average Bonchev–Trinajstić information content (AvgIpc) is 3.69. The summed E-state index contributed by atoms with van der Waals surface area (Å²) in [6.45, 7) is 0. The molecule has 0 bridgehead atoms. The Labute approximate surface area is 263 Å². The predicted molar refractivity (Wildman–Crippen MR) is 189 cm³/mol. The first-order valence-electron chi connectivity index (χ1n) is 15.5. The molecule has 5 heteroatoms. The molecule has 0 saturated carbocycles. The second kappa shape index (κ2) is 9.58. The fourth-order valence-electron chi connectivity index (χ4n) is 7.08.